The van der Waals surface area contributed by atoms with E-state index in [1.54, 1.807) is 11.1 Å². The Hall–Kier alpha value is -0.520. The molecule has 3 aliphatic rings. The lowest BCUT2D eigenvalue weighted by Crippen LogP contribution is -2.10. The molecule has 7 heavy (non-hydrogen) atoms. The monoisotopic (exact) mass is 92.1 g/mol. The minimum absolute atomic E-state index is 0.833. The second-order valence-electron chi connectivity index (χ2n) is 2.38. The van der Waals surface area contributed by atoms with E-state index in [2.05, 4.69) is 19.1 Å². The fourth-order valence-corrected chi connectivity index (χ4v) is 1.27. The summed E-state index contributed by atoms with van der Waals surface area (Å²) in [7, 11) is 0. The predicted molar refractivity (Wildman–Crippen MR) is 29.9 cm³/mol. The zero-order valence-corrected chi connectivity index (χ0v) is 4.44. The van der Waals surface area contributed by atoms with E-state index in [1.165, 1.54) is 6.42 Å². The minimum Gasteiger partial charge on any atom is -0.0622 e. The third kappa shape index (κ3) is 0.244. The molecule has 0 saturated heterocycles. The number of fused-ring (bicyclic) bond motifs is 1. The first kappa shape index (κ1) is 3.48. The Balaban J connectivity index is 2.48. The smallest absolute Gasteiger partial charge is 0.000876 e. The number of allylic oxidation sites excluding steroid dienone is 4. The van der Waals surface area contributed by atoms with Gasteiger partial charge in [0.15, 0.2) is 0 Å². The third-order valence-electron chi connectivity index (χ3n) is 2.03. The highest BCUT2D eigenvalue weighted by atomic mass is 14.3. The number of hydrogen-bond acceptors (Lipinski definition) is 0. The Labute approximate surface area is 43.5 Å². The Morgan fingerprint density at radius 1 is 1.43 bits per heavy atom. The van der Waals surface area contributed by atoms with Crippen LogP contribution >= 0.6 is 0 Å². The highest BCUT2D eigenvalue weighted by molar-refractivity contribution is 5.46. The maximum absolute atomic E-state index is 2.27. The first-order chi connectivity index (χ1) is 3.38. The Morgan fingerprint density at radius 2 is 2.00 bits per heavy atom. The summed E-state index contributed by atoms with van der Waals surface area (Å²) in [6.07, 6.45) is 5.79. The van der Waals surface area contributed by atoms with Crippen LogP contribution in [0.2, 0.25) is 0 Å². The van der Waals surface area contributed by atoms with Gasteiger partial charge in [-0.25, -0.2) is 0 Å². The predicted octanol–water partition coefficient (Wildman–Crippen LogP) is 1.89. The normalized spacial score (nSPS) is 26.4. The zero-order valence-electron chi connectivity index (χ0n) is 4.44. The average Bonchev–Trinajstić information content (AvgIpc) is 2.18. The second kappa shape index (κ2) is 0.835. The van der Waals surface area contributed by atoms with Gasteiger partial charge in [0.2, 0.25) is 0 Å². The Kier molecular flexibility index (Phi) is 0.415. The van der Waals surface area contributed by atoms with Gasteiger partial charge in [-0.2, -0.15) is 0 Å². The van der Waals surface area contributed by atoms with Crippen molar-refractivity contribution in [3.63, 3.8) is 0 Å². The second-order valence-corrected chi connectivity index (χ2v) is 2.38. The Morgan fingerprint density at radius 3 is 2.14 bits per heavy atom. The van der Waals surface area contributed by atoms with E-state index in [4.69, 9.17) is 0 Å². The molecule has 36 valence electrons. The maximum atomic E-state index is 2.27. The third-order valence-corrected chi connectivity index (χ3v) is 2.03. The van der Waals surface area contributed by atoms with Crippen molar-refractivity contribution in [1.82, 2.24) is 0 Å². The van der Waals surface area contributed by atoms with Gasteiger partial charge in [-0.05, 0) is 12.3 Å². The topological polar surface area (TPSA) is 0 Å². The van der Waals surface area contributed by atoms with E-state index in [-0.39, 0.29) is 0 Å². The summed E-state index contributed by atoms with van der Waals surface area (Å²) < 4.78 is 0. The van der Waals surface area contributed by atoms with Crippen molar-refractivity contribution in [3.8, 4) is 0 Å². The molecule has 0 nitrogen and oxygen atoms in total. The van der Waals surface area contributed by atoms with Crippen LogP contribution in [0.4, 0.5) is 0 Å². The van der Waals surface area contributed by atoms with Crippen LogP contribution in [0.15, 0.2) is 23.3 Å². The average molecular weight is 92.1 g/mol. The largest absolute Gasteiger partial charge is 0.0622 e. The molecule has 0 amide bonds. The summed E-state index contributed by atoms with van der Waals surface area (Å²) in [6.45, 7) is 2.27. The fraction of sp³-hybridized carbons (Fsp3) is 0.429. The molecule has 0 atom stereocenters. The van der Waals surface area contributed by atoms with Crippen LogP contribution < -0.4 is 0 Å². The van der Waals surface area contributed by atoms with E-state index >= 15 is 0 Å². The van der Waals surface area contributed by atoms with Crippen LogP contribution in [-0.4, -0.2) is 0 Å². The molecule has 0 aromatic carbocycles. The standard InChI is InChI=1S/C7H8/c1-5-6-2-3-7(5)4-6/h2-3,5H,4H2,1H3. The van der Waals surface area contributed by atoms with Gasteiger partial charge < -0.3 is 0 Å². The maximum Gasteiger partial charge on any atom is -0.000876 e. The quantitative estimate of drug-likeness (QED) is 0.428. The van der Waals surface area contributed by atoms with Crippen LogP contribution in [0, 0.1) is 5.92 Å². The van der Waals surface area contributed by atoms with E-state index in [9.17, 15) is 0 Å². The molecular formula is C7H8. The SMILES string of the molecule is CC1C2=CC=C1C2. The molecule has 0 unspecified atom stereocenters. The van der Waals surface area contributed by atoms with E-state index < -0.39 is 0 Å². The molecule has 0 aliphatic heterocycles. The van der Waals surface area contributed by atoms with Crippen molar-refractivity contribution in [2.75, 3.05) is 0 Å². The summed E-state index contributed by atoms with van der Waals surface area (Å²) in [5.41, 5.74) is 3.27. The highest BCUT2D eigenvalue weighted by Crippen LogP contribution is 2.43. The minimum atomic E-state index is 0.833. The van der Waals surface area contributed by atoms with Gasteiger partial charge in [-0.15, -0.1) is 0 Å². The van der Waals surface area contributed by atoms with Gasteiger partial charge in [-0.3, -0.25) is 0 Å². The van der Waals surface area contributed by atoms with Gasteiger partial charge in [0, 0.05) is 0 Å². The number of hydrogen-bond donors (Lipinski definition) is 0. The molecule has 3 aliphatic carbocycles. The summed E-state index contributed by atoms with van der Waals surface area (Å²) in [6, 6.07) is 0. The lowest BCUT2D eigenvalue weighted by molar-refractivity contribution is 0.665. The zero-order chi connectivity index (χ0) is 4.85. The Bertz CT molecular complexity index is 143. The molecule has 2 bridgehead atoms. The first-order valence-electron chi connectivity index (χ1n) is 2.77. The van der Waals surface area contributed by atoms with Crippen LogP contribution in [0.3, 0.4) is 0 Å². The fourth-order valence-electron chi connectivity index (χ4n) is 1.27. The molecule has 3 rings (SSSR count). The molecule has 0 spiro atoms. The number of rotatable bonds is 0. The summed E-state index contributed by atoms with van der Waals surface area (Å²) in [5, 5.41) is 0. The van der Waals surface area contributed by atoms with Crippen molar-refractivity contribution in [2.24, 2.45) is 5.92 Å². The van der Waals surface area contributed by atoms with Crippen LogP contribution in [0.25, 0.3) is 0 Å². The molecule has 1 fully saturated rings. The van der Waals surface area contributed by atoms with Gasteiger partial charge >= 0.3 is 0 Å². The van der Waals surface area contributed by atoms with Crippen LogP contribution in [-0.2, 0) is 0 Å². The first-order valence-corrected chi connectivity index (χ1v) is 2.77. The van der Waals surface area contributed by atoms with Crippen molar-refractivity contribution in [3.05, 3.63) is 23.3 Å². The van der Waals surface area contributed by atoms with Crippen molar-refractivity contribution in [1.29, 1.82) is 0 Å². The van der Waals surface area contributed by atoms with E-state index in [0.717, 1.165) is 5.92 Å². The van der Waals surface area contributed by atoms with Gasteiger partial charge in [0.1, 0.15) is 0 Å². The summed E-state index contributed by atoms with van der Waals surface area (Å²) in [4.78, 5) is 0. The molecule has 1 saturated carbocycles. The van der Waals surface area contributed by atoms with Gasteiger partial charge in [0.25, 0.3) is 0 Å². The van der Waals surface area contributed by atoms with Gasteiger partial charge in [0.05, 0.1) is 0 Å². The van der Waals surface area contributed by atoms with Crippen LogP contribution in [0.5, 0.6) is 0 Å². The molecule has 0 aromatic rings. The van der Waals surface area contributed by atoms with Crippen LogP contribution in [0.1, 0.15) is 13.3 Å². The van der Waals surface area contributed by atoms with Crippen molar-refractivity contribution < 1.29 is 0 Å². The lowest BCUT2D eigenvalue weighted by Gasteiger charge is -2.24. The molecule has 0 heterocycles. The molecule has 0 N–H and O–H groups in total. The lowest BCUT2D eigenvalue weighted by atomic mass is 9.81. The highest BCUT2D eigenvalue weighted by Gasteiger charge is 2.28. The van der Waals surface area contributed by atoms with E-state index in [1.807, 2.05) is 0 Å². The molecule has 0 heteroatoms. The van der Waals surface area contributed by atoms with E-state index in [0.29, 0.717) is 0 Å². The molecule has 0 aromatic heterocycles. The summed E-state index contributed by atoms with van der Waals surface area (Å²) in [5.74, 6) is 0.833. The van der Waals surface area contributed by atoms with Crippen molar-refractivity contribution in [2.45, 2.75) is 13.3 Å². The molecular weight excluding hydrogens is 84.1 g/mol. The van der Waals surface area contributed by atoms with Gasteiger partial charge in [-0.1, -0.05) is 30.2 Å². The summed E-state index contributed by atoms with van der Waals surface area (Å²) >= 11 is 0. The van der Waals surface area contributed by atoms with Crippen molar-refractivity contribution >= 4 is 0 Å². The molecule has 0 radical (unpaired) electrons.